The van der Waals surface area contributed by atoms with E-state index in [2.05, 4.69) is 252 Å². The summed E-state index contributed by atoms with van der Waals surface area (Å²) in [5.41, 5.74) is 16.3. The van der Waals surface area contributed by atoms with Crippen molar-refractivity contribution < 1.29 is 0 Å². The molecule has 0 aliphatic carbocycles. The second kappa shape index (κ2) is 15.5. The number of hydrogen-bond donors (Lipinski definition) is 0. The highest BCUT2D eigenvalue weighted by Crippen LogP contribution is 2.47. The predicted octanol–water partition coefficient (Wildman–Crippen LogP) is 17.3. The largest absolute Gasteiger partial charge is 0.310 e. The maximum Gasteiger partial charge on any atom is 0.0562 e. The minimum atomic E-state index is 1.08. The molecular formula is C60H40N2S. The summed E-state index contributed by atoms with van der Waals surface area (Å²) in [6.07, 6.45) is 0. The van der Waals surface area contributed by atoms with Crippen LogP contribution in [0.2, 0.25) is 0 Å². The van der Waals surface area contributed by atoms with Gasteiger partial charge in [0.1, 0.15) is 0 Å². The number of para-hydroxylation sites is 2. The number of aromatic nitrogens is 1. The average Bonchev–Trinajstić information content (AvgIpc) is 3.91. The Balaban J connectivity index is 1.10. The summed E-state index contributed by atoms with van der Waals surface area (Å²) in [5, 5.41) is 5.04. The normalized spacial score (nSPS) is 11.5. The van der Waals surface area contributed by atoms with Gasteiger partial charge in [0.15, 0.2) is 0 Å². The first kappa shape index (κ1) is 36.8. The van der Waals surface area contributed by atoms with Crippen LogP contribution in [0.5, 0.6) is 0 Å². The molecule has 0 radical (unpaired) electrons. The van der Waals surface area contributed by atoms with Gasteiger partial charge in [0.25, 0.3) is 0 Å². The number of thiophene rings is 1. The summed E-state index contributed by atoms with van der Waals surface area (Å²) in [5.74, 6) is 0. The van der Waals surface area contributed by atoms with Crippen LogP contribution in [0.3, 0.4) is 0 Å². The molecule has 2 nitrogen and oxygen atoms in total. The van der Waals surface area contributed by atoms with Gasteiger partial charge >= 0.3 is 0 Å². The Morgan fingerprint density at radius 2 is 0.873 bits per heavy atom. The Morgan fingerprint density at radius 3 is 1.63 bits per heavy atom. The molecule has 0 amide bonds. The molecule has 296 valence electrons. The number of fused-ring (bicyclic) bond motifs is 6. The van der Waals surface area contributed by atoms with Crippen LogP contribution in [0.25, 0.3) is 92.2 Å². The molecule has 0 unspecified atom stereocenters. The molecule has 0 bridgehead atoms. The van der Waals surface area contributed by atoms with Crippen LogP contribution < -0.4 is 4.90 Å². The fourth-order valence-corrected chi connectivity index (χ4v) is 10.8. The second-order valence-electron chi connectivity index (χ2n) is 16.0. The third-order valence-corrected chi connectivity index (χ3v) is 13.6. The van der Waals surface area contributed by atoms with E-state index in [-0.39, 0.29) is 0 Å². The van der Waals surface area contributed by atoms with E-state index < -0.39 is 0 Å². The van der Waals surface area contributed by atoms with Gasteiger partial charge in [-0.3, -0.25) is 0 Å². The maximum absolute atomic E-state index is 2.48. The molecule has 12 rings (SSSR count). The molecule has 2 heterocycles. The van der Waals surface area contributed by atoms with Crippen molar-refractivity contribution in [3.05, 3.63) is 243 Å². The fourth-order valence-electron chi connectivity index (χ4n) is 9.60. The lowest BCUT2D eigenvalue weighted by atomic mass is 9.92. The van der Waals surface area contributed by atoms with Crippen molar-refractivity contribution in [1.82, 2.24) is 4.57 Å². The van der Waals surface area contributed by atoms with E-state index in [1.807, 2.05) is 11.3 Å². The zero-order valence-electron chi connectivity index (χ0n) is 34.4. The van der Waals surface area contributed by atoms with E-state index in [0.29, 0.717) is 0 Å². The lowest BCUT2D eigenvalue weighted by molar-refractivity contribution is 1.18. The molecule has 63 heavy (non-hydrogen) atoms. The summed E-state index contributed by atoms with van der Waals surface area (Å²) >= 11 is 1.88. The SMILES string of the molecule is c1ccc(-c2cc(N(c3ccccc3)c3ccc4c5ccccc5n(-c5cccc(-c6ccccc6)c5-c5ccccc5)c4c3)ccc2-c2cccc3c2sc2ccccc23)cc1. The van der Waals surface area contributed by atoms with Crippen LogP contribution in [0.4, 0.5) is 17.1 Å². The number of rotatable bonds is 8. The molecule has 0 spiro atoms. The van der Waals surface area contributed by atoms with E-state index >= 15 is 0 Å². The highest BCUT2D eigenvalue weighted by atomic mass is 32.1. The average molecular weight is 821 g/mol. The molecule has 0 fully saturated rings. The van der Waals surface area contributed by atoms with Crippen LogP contribution in [0, 0.1) is 0 Å². The van der Waals surface area contributed by atoms with Crippen LogP contribution >= 0.6 is 11.3 Å². The van der Waals surface area contributed by atoms with E-state index in [0.717, 1.165) is 28.3 Å². The van der Waals surface area contributed by atoms with Crippen molar-refractivity contribution in [3.8, 4) is 50.2 Å². The molecule has 0 aliphatic heterocycles. The van der Waals surface area contributed by atoms with Gasteiger partial charge in [-0.15, -0.1) is 11.3 Å². The topological polar surface area (TPSA) is 8.17 Å². The smallest absolute Gasteiger partial charge is 0.0562 e. The zero-order chi connectivity index (χ0) is 41.7. The van der Waals surface area contributed by atoms with Gasteiger partial charge in [-0.2, -0.15) is 0 Å². The van der Waals surface area contributed by atoms with E-state index in [1.165, 1.54) is 81.0 Å². The van der Waals surface area contributed by atoms with Crippen LogP contribution in [-0.4, -0.2) is 4.57 Å². The van der Waals surface area contributed by atoms with Gasteiger partial charge in [0, 0.05) is 59.1 Å². The van der Waals surface area contributed by atoms with Crippen molar-refractivity contribution in [2.24, 2.45) is 0 Å². The molecular weight excluding hydrogens is 781 g/mol. The third-order valence-electron chi connectivity index (χ3n) is 12.4. The first-order valence-electron chi connectivity index (χ1n) is 21.5. The number of hydrogen-bond acceptors (Lipinski definition) is 2. The summed E-state index contributed by atoms with van der Waals surface area (Å²) in [7, 11) is 0. The number of anilines is 3. The van der Waals surface area contributed by atoms with E-state index in [1.54, 1.807) is 0 Å². The minimum Gasteiger partial charge on any atom is -0.310 e. The lowest BCUT2D eigenvalue weighted by Gasteiger charge is -2.27. The number of benzene rings is 10. The minimum absolute atomic E-state index is 1.08. The molecule has 12 aromatic rings. The van der Waals surface area contributed by atoms with E-state index in [4.69, 9.17) is 0 Å². The van der Waals surface area contributed by atoms with Crippen molar-refractivity contribution in [2.75, 3.05) is 4.90 Å². The Bertz CT molecular complexity index is 3610. The van der Waals surface area contributed by atoms with Crippen LogP contribution in [-0.2, 0) is 0 Å². The molecule has 0 saturated carbocycles. The molecule has 0 aliphatic rings. The first-order chi connectivity index (χ1) is 31.3. The summed E-state index contributed by atoms with van der Waals surface area (Å²) in [4.78, 5) is 2.41. The van der Waals surface area contributed by atoms with Crippen molar-refractivity contribution >= 4 is 70.4 Å². The van der Waals surface area contributed by atoms with Crippen molar-refractivity contribution in [3.63, 3.8) is 0 Å². The Kier molecular flexibility index (Phi) is 9.06. The maximum atomic E-state index is 2.48. The molecule has 3 heteroatoms. The summed E-state index contributed by atoms with van der Waals surface area (Å²) in [6.45, 7) is 0. The fraction of sp³-hybridized carbons (Fsp3) is 0. The van der Waals surface area contributed by atoms with Crippen molar-refractivity contribution in [1.29, 1.82) is 0 Å². The summed E-state index contributed by atoms with van der Waals surface area (Å²) < 4.78 is 5.10. The van der Waals surface area contributed by atoms with Crippen LogP contribution in [0.15, 0.2) is 243 Å². The monoisotopic (exact) mass is 820 g/mol. The molecule has 0 atom stereocenters. The first-order valence-corrected chi connectivity index (χ1v) is 22.3. The predicted molar refractivity (Wildman–Crippen MR) is 270 cm³/mol. The van der Waals surface area contributed by atoms with Gasteiger partial charge in [-0.05, 0) is 88.0 Å². The molecule has 10 aromatic carbocycles. The highest BCUT2D eigenvalue weighted by molar-refractivity contribution is 7.26. The lowest BCUT2D eigenvalue weighted by Crippen LogP contribution is -2.10. The standard InChI is InChI=1S/C60H40N2S/c1-5-19-41(20-6-1)47-29-18-33-56(59(47)43-23-9-3-10-24-43)62-55-32-15-13-27-49(55)50-38-36-46(40-57(50)62)61(44-25-11-4-12-26-44)45-35-37-48(54(39-45)42-21-7-2-8-22-42)52-30-17-31-53-51-28-14-16-34-58(51)63-60(52)53/h1-40H. The highest BCUT2D eigenvalue weighted by Gasteiger charge is 2.22. The third kappa shape index (κ3) is 6.33. The Hall–Kier alpha value is -7.98. The molecule has 0 saturated heterocycles. The van der Waals surface area contributed by atoms with Gasteiger partial charge in [0.05, 0.1) is 16.7 Å². The van der Waals surface area contributed by atoms with Crippen LogP contribution in [0.1, 0.15) is 0 Å². The Labute approximate surface area is 370 Å². The zero-order valence-corrected chi connectivity index (χ0v) is 35.2. The Morgan fingerprint density at radius 1 is 0.317 bits per heavy atom. The molecule has 2 aromatic heterocycles. The van der Waals surface area contributed by atoms with Gasteiger partial charge in [-0.1, -0.05) is 188 Å². The quantitative estimate of drug-likeness (QED) is 0.148. The van der Waals surface area contributed by atoms with Gasteiger partial charge in [-0.25, -0.2) is 0 Å². The summed E-state index contributed by atoms with van der Waals surface area (Å²) in [6, 6.07) is 88.4. The van der Waals surface area contributed by atoms with Gasteiger partial charge in [0.2, 0.25) is 0 Å². The molecule has 0 N–H and O–H groups in total. The van der Waals surface area contributed by atoms with Gasteiger partial charge < -0.3 is 9.47 Å². The number of nitrogens with zero attached hydrogens (tertiary/aromatic N) is 2. The second-order valence-corrected chi connectivity index (χ2v) is 17.1. The van der Waals surface area contributed by atoms with Crippen molar-refractivity contribution in [2.45, 2.75) is 0 Å². The van der Waals surface area contributed by atoms with E-state index in [9.17, 15) is 0 Å².